The number of hydrogen-bond donors (Lipinski definition) is 1. The number of benzene rings is 1. The molecule has 6 rings (SSSR count). The molecule has 3 aromatic rings. The number of ether oxygens (including phenoxy) is 1. The van der Waals surface area contributed by atoms with Gasteiger partial charge in [-0.1, -0.05) is 19.4 Å². The van der Waals surface area contributed by atoms with Gasteiger partial charge < -0.3 is 14.5 Å². The molecule has 3 aliphatic rings. The second-order valence-electron chi connectivity index (χ2n) is 11.1. The van der Waals surface area contributed by atoms with Crippen molar-refractivity contribution in [1.82, 2.24) is 20.2 Å². The van der Waals surface area contributed by atoms with Gasteiger partial charge in [0.05, 0.1) is 30.9 Å². The van der Waals surface area contributed by atoms with E-state index >= 15 is 0 Å². The number of H-pyrrole nitrogens is 1. The Balaban J connectivity index is 1.26. The van der Waals surface area contributed by atoms with Crippen molar-refractivity contribution in [3.05, 3.63) is 30.0 Å². The molecule has 1 aromatic carbocycles. The highest BCUT2D eigenvalue weighted by molar-refractivity contribution is 7.92. The fourth-order valence-corrected chi connectivity index (χ4v) is 7.43. The van der Waals surface area contributed by atoms with Gasteiger partial charge in [-0.2, -0.15) is 5.10 Å². The van der Waals surface area contributed by atoms with E-state index in [9.17, 15) is 8.42 Å². The predicted octanol–water partition coefficient (Wildman–Crippen LogP) is 3.86. The first-order valence-electron chi connectivity index (χ1n) is 13.6. The monoisotopic (exact) mass is 539 g/mol. The lowest BCUT2D eigenvalue weighted by molar-refractivity contribution is 0.0965. The van der Waals surface area contributed by atoms with E-state index in [0.29, 0.717) is 23.4 Å². The molecule has 2 saturated heterocycles. The van der Waals surface area contributed by atoms with Gasteiger partial charge in [0, 0.05) is 43.3 Å². The van der Waals surface area contributed by atoms with Crippen LogP contribution in [0, 0.1) is 11.3 Å². The van der Waals surface area contributed by atoms with Crippen molar-refractivity contribution in [2.45, 2.75) is 52.1 Å². The summed E-state index contributed by atoms with van der Waals surface area (Å²) in [5.74, 6) is 2.22. The van der Waals surface area contributed by atoms with Gasteiger partial charge in [-0.05, 0) is 50.7 Å². The molecule has 0 bridgehead atoms. The number of sulfonamides is 1. The maximum atomic E-state index is 12.3. The molecule has 0 radical (unpaired) electrons. The predicted molar refractivity (Wildman–Crippen MR) is 150 cm³/mol. The lowest BCUT2D eigenvalue weighted by atomic mass is 9.68. The summed E-state index contributed by atoms with van der Waals surface area (Å²) in [5, 5.41) is 7.73. The van der Waals surface area contributed by atoms with Crippen LogP contribution in [-0.4, -0.2) is 74.2 Å². The third kappa shape index (κ3) is 4.10. The molecule has 0 amide bonds. The van der Waals surface area contributed by atoms with Crippen molar-refractivity contribution in [3.8, 4) is 0 Å². The number of aromatic amines is 1. The Kier molecular flexibility index (Phi) is 6.26. The Hall–Kier alpha value is -2.92. The van der Waals surface area contributed by atoms with Crippen LogP contribution in [0.3, 0.4) is 0 Å². The van der Waals surface area contributed by atoms with E-state index in [2.05, 4.69) is 33.8 Å². The number of nitrogens with one attached hydrogen (secondary N) is 1. The number of aromatic nitrogens is 4. The van der Waals surface area contributed by atoms with Crippen LogP contribution in [-0.2, 0) is 21.2 Å². The molecule has 204 valence electrons. The Labute approximate surface area is 224 Å². The fourth-order valence-electron chi connectivity index (χ4n) is 6.90. The molecule has 2 fully saturated rings. The minimum absolute atomic E-state index is 0.287. The summed E-state index contributed by atoms with van der Waals surface area (Å²) < 4.78 is 31.9. The number of fused-ring (bicyclic) bond motifs is 2. The number of hydrogen-bond acceptors (Lipinski definition) is 8. The molecular formula is C27H37N7O3S. The van der Waals surface area contributed by atoms with Crippen molar-refractivity contribution >= 4 is 44.2 Å². The average molecular weight is 540 g/mol. The van der Waals surface area contributed by atoms with Crippen molar-refractivity contribution < 1.29 is 13.2 Å². The third-order valence-electron chi connectivity index (χ3n) is 9.07. The smallest absolute Gasteiger partial charge is 0.232 e. The zero-order valence-electron chi connectivity index (χ0n) is 22.6. The van der Waals surface area contributed by atoms with E-state index < -0.39 is 10.0 Å². The van der Waals surface area contributed by atoms with Crippen molar-refractivity contribution in [1.29, 1.82) is 0 Å². The van der Waals surface area contributed by atoms with Crippen molar-refractivity contribution in [3.63, 3.8) is 0 Å². The molecule has 0 aliphatic carbocycles. The molecule has 2 atom stereocenters. The molecular weight excluding hydrogens is 502 g/mol. The largest absolute Gasteiger partial charge is 0.378 e. The van der Waals surface area contributed by atoms with E-state index in [-0.39, 0.29) is 5.41 Å². The van der Waals surface area contributed by atoms with E-state index in [4.69, 9.17) is 14.7 Å². The quantitative estimate of drug-likeness (QED) is 0.521. The van der Waals surface area contributed by atoms with Gasteiger partial charge in [-0.15, -0.1) is 0 Å². The summed E-state index contributed by atoms with van der Waals surface area (Å²) in [4.78, 5) is 14.2. The SMILES string of the molecule is CC[C@@H]1[C@H](C)OCC12CCN(c1cnc3c(N4CCCc5c4cccc5N(C)S(C)(=O)=O)n[nH]c3n1)CC2. The molecule has 1 spiro atoms. The summed E-state index contributed by atoms with van der Waals surface area (Å²) in [6, 6.07) is 5.79. The molecule has 11 heteroatoms. The van der Waals surface area contributed by atoms with Gasteiger partial charge in [0.15, 0.2) is 17.0 Å². The van der Waals surface area contributed by atoms with Crippen LogP contribution in [0.2, 0.25) is 0 Å². The standard InChI is InChI=1S/C27H37N7O3S/c1-5-20-18(2)37-17-27(20)11-14-33(15-12-27)23-16-28-24-25(29-23)30-31-26(24)34-13-7-8-19-21(9-6-10-22(19)34)32(3)38(4,35)36/h6,9-10,16,18,20H,5,7-8,11-15,17H2,1-4H3,(H,29,30,31)/t18-,20+/m0/s1. The highest BCUT2D eigenvalue weighted by Gasteiger charge is 2.48. The van der Waals surface area contributed by atoms with Gasteiger partial charge in [-0.25, -0.2) is 18.4 Å². The fraction of sp³-hybridized carbons (Fsp3) is 0.593. The van der Waals surface area contributed by atoms with Gasteiger partial charge in [0.1, 0.15) is 5.82 Å². The summed E-state index contributed by atoms with van der Waals surface area (Å²) in [5.41, 5.74) is 4.35. The zero-order chi connectivity index (χ0) is 26.7. The van der Waals surface area contributed by atoms with Gasteiger partial charge in [-0.3, -0.25) is 9.40 Å². The third-order valence-corrected chi connectivity index (χ3v) is 10.3. The number of anilines is 4. The van der Waals surface area contributed by atoms with Crippen LogP contribution in [0.1, 0.15) is 45.1 Å². The molecule has 0 saturated carbocycles. The summed E-state index contributed by atoms with van der Waals surface area (Å²) in [6.07, 6.45) is 8.51. The maximum absolute atomic E-state index is 12.3. The second kappa shape index (κ2) is 9.37. The van der Waals surface area contributed by atoms with Crippen LogP contribution in [0.4, 0.5) is 23.0 Å². The molecule has 2 aromatic heterocycles. The van der Waals surface area contributed by atoms with E-state index in [1.54, 1.807) is 7.05 Å². The van der Waals surface area contributed by atoms with Crippen LogP contribution in [0.25, 0.3) is 11.2 Å². The van der Waals surface area contributed by atoms with Crippen molar-refractivity contribution in [2.24, 2.45) is 11.3 Å². The zero-order valence-corrected chi connectivity index (χ0v) is 23.5. The second-order valence-corrected chi connectivity index (χ2v) is 13.1. The Morgan fingerprint density at radius 1 is 1.24 bits per heavy atom. The first-order valence-corrected chi connectivity index (χ1v) is 15.5. The summed E-state index contributed by atoms with van der Waals surface area (Å²) >= 11 is 0. The highest BCUT2D eigenvalue weighted by atomic mass is 32.2. The molecule has 10 nitrogen and oxygen atoms in total. The Morgan fingerprint density at radius 2 is 2.03 bits per heavy atom. The van der Waals surface area contributed by atoms with Crippen molar-refractivity contribution in [2.75, 3.05) is 53.6 Å². The maximum Gasteiger partial charge on any atom is 0.232 e. The van der Waals surface area contributed by atoms with Gasteiger partial charge in [0.25, 0.3) is 0 Å². The van der Waals surface area contributed by atoms with Crippen LogP contribution in [0.5, 0.6) is 0 Å². The minimum Gasteiger partial charge on any atom is -0.378 e. The minimum atomic E-state index is -3.37. The lowest BCUT2D eigenvalue weighted by Crippen LogP contribution is -2.44. The number of piperidine rings is 1. The lowest BCUT2D eigenvalue weighted by Gasteiger charge is -2.42. The van der Waals surface area contributed by atoms with Crippen LogP contribution in [0.15, 0.2) is 24.4 Å². The van der Waals surface area contributed by atoms with Gasteiger partial charge >= 0.3 is 0 Å². The summed E-state index contributed by atoms with van der Waals surface area (Å²) in [7, 11) is -1.76. The molecule has 3 aliphatic heterocycles. The molecule has 38 heavy (non-hydrogen) atoms. The van der Waals surface area contributed by atoms with Gasteiger partial charge in [0.2, 0.25) is 10.0 Å². The van der Waals surface area contributed by atoms with E-state index in [1.165, 1.54) is 10.6 Å². The first kappa shape index (κ1) is 25.4. The molecule has 0 unspecified atom stereocenters. The van der Waals surface area contributed by atoms with E-state index in [1.807, 2.05) is 24.4 Å². The number of rotatable bonds is 5. The average Bonchev–Trinajstić information content (AvgIpc) is 3.47. The summed E-state index contributed by atoms with van der Waals surface area (Å²) in [6.45, 7) is 8.04. The van der Waals surface area contributed by atoms with E-state index in [0.717, 1.165) is 86.7 Å². The first-order chi connectivity index (χ1) is 18.2. The molecule has 1 N–H and O–H groups in total. The van der Waals surface area contributed by atoms with Crippen LogP contribution >= 0.6 is 0 Å². The number of nitrogens with zero attached hydrogens (tertiary/aromatic N) is 6. The Morgan fingerprint density at radius 3 is 2.76 bits per heavy atom. The Bertz CT molecular complexity index is 1450. The normalized spacial score (nSPS) is 23.3. The molecule has 5 heterocycles. The topological polar surface area (TPSA) is 108 Å². The highest BCUT2D eigenvalue weighted by Crippen LogP contribution is 2.48. The van der Waals surface area contributed by atoms with Crippen LogP contribution < -0.4 is 14.1 Å².